The molecular weight excluding hydrogens is 233 g/mol. The van der Waals surface area contributed by atoms with Crippen LogP contribution in [0, 0.1) is 5.82 Å². The van der Waals surface area contributed by atoms with Crippen LogP contribution in [0.2, 0.25) is 0 Å². The summed E-state index contributed by atoms with van der Waals surface area (Å²) < 4.78 is 13.5. The van der Waals surface area contributed by atoms with E-state index >= 15 is 0 Å². The maximum Gasteiger partial charge on any atom is 0.123 e. The molecule has 0 aliphatic rings. The molecule has 0 saturated carbocycles. The van der Waals surface area contributed by atoms with Crippen LogP contribution in [0.15, 0.2) is 23.1 Å². The van der Waals surface area contributed by atoms with E-state index < -0.39 is 0 Å². The molecule has 1 aromatic carbocycles. The van der Waals surface area contributed by atoms with Gasteiger partial charge in [0, 0.05) is 15.7 Å². The van der Waals surface area contributed by atoms with E-state index in [2.05, 4.69) is 39.9 Å². The van der Waals surface area contributed by atoms with Crippen molar-refractivity contribution in [1.29, 1.82) is 0 Å². The highest BCUT2D eigenvalue weighted by atomic mass is 32.2. The summed E-state index contributed by atoms with van der Waals surface area (Å²) in [6, 6.07) is 5.24. The van der Waals surface area contributed by atoms with Crippen LogP contribution in [0.25, 0.3) is 0 Å². The Morgan fingerprint density at radius 1 is 1.35 bits per heavy atom. The number of thioether (sulfide) groups is 1. The van der Waals surface area contributed by atoms with Crippen molar-refractivity contribution in [3.8, 4) is 0 Å². The first-order chi connectivity index (χ1) is 7.83. The summed E-state index contributed by atoms with van der Waals surface area (Å²) in [4.78, 5) is 1.16. The second-order valence-electron chi connectivity index (χ2n) is 5.18. The Morgan fingerprint density at radius 2 is 2.00 bits per heavy atom. The lowest BCUT2D eigenvalue weighted by molar-refractivity contribution is 0.574. The van der Waals surface area contributed by atoms with Crippen LogP contribution in [-0.2, 0) is 0 Å². The van der Waals surface area contributed by atoms with E-state index in [0.29, 0.717) is 0 Å². The Morgan fingerprint density at radius 3 is 2.53 bits per heavy atom. The fourth-order valence-electron chi connectivity index (χ4n) is 1.70. The fourth-order valence-corrected chi connectivity index (χ4v) is 2.85. The molecule has 1 aromatic rings. The summed E-state index contributed by atoms with van der Waals surface area (Å²) in [6.07, 6.45) is 0. The first kappa shape index (κ1) is 14.5. The molecule has 0 fully saturated rings. The third-order valence-corrected chi connectivity index (χ3v) is 3.57. The van der Waals surface area contributed by atoms with Crippen LogP contribution in [-0.4, -0.2) is 11.3 Å². The Labute approximate surface area is 108 Å². The van der Waals surface area contributed by atoms with Gasteiger partial charge in [0.1, 0.15) is 5.82 Å². The zero-order valence-corrected chi connectivity index (χ0v) is 12.1. The standard InChI is InChI=1S/C14H22FNS/c1-6-16-10(2)12-9-11(15)7-8-13(12)17-14(3,4)5/h7-10,16H,6H2,1-5H3. The molecule has 0 spiro atoms. The molecule has 3 heteroatoms. The van der Waals surface area contributed by atoms with Crippen LogP contribution in [0.4, 0.5) is 4.39 Å². The minimum atomic E-state index is -0.164. The van der Waals surface area contributed by atoms with Gasteiger partial charge in [-0.3, -0.25) is 0 Å². The van der Waals surface area contributed by atoms with Crippen LogP contribution in [0.1, 0.15) is 46.2 Å². The lowest BCUT2D eigenvalue weighted by Crippen LogP contribution is -2.19. The molecule has 0 aliphatic carbocycles. The van der Waals surface area contributed by atoms with E-state index in [0.717, 1.165) is 17.0 Å². The molecule has 0 aromatic heterocycles. The largest absolute Gasteiger partial charge is 0.310 e. The fraction of sp³-hybridized carbons (Fsp3) is 0.571. The highest BCUT2D eigenvalue weighted by molar-refractivity contribution is 8.00. The number of hydrogen-bond donors (Lipinski definition) is 1. The SMILES string of the molecule is CCNC(C)c1cc(F)ccc1SC(C)(C)C. The van der Waals surface area contributed by atoms with E-state index in [1.807, 2.05) is 6.07 Å². The summed E-state index contributed by atoms with van der Waals surface area (Å²) in [6.45, 7) is 11.5. The summed E-state index contributed by atoms with van der Waals surface area (Å²) in [5.74, 6) is -0.164. The normalized spacial score (nSPS) is 13.8. The molecule has 0 saturated heterocycles. The highest BCUT2D eigenvalue weighted by Crippen LogP contribution is 2.36. The van der Waals surface area contributed by atoms with Crippen LogP contribution in [0.5, 0.6) is 0 Å². The summed E-state index contributed by atoms with van der Waals surface area (Å²) in [5, 5.41) is 3.34. The molecule has 0 heterocycles. The molecule has 1 nitrogen and oxygen atoms in total. The zero-order valence-electron chi connectivity index (χ0n) is 11.3. The van der Waals surface area contributed by atoms with Crippen LogP contribution < -0.4 is 5.32 Å². The summed E-state index contributed by atoms with van der Waals surface area (Å²) >= 11 is 1.78. The van der Waals surface area contributed by atoms with Gasteiger partial charge in [-0.05, 0) is 37.2 Å². The monoisotopic (exact) mass is 255 g/mol. The molecule has 0 aliphatic heterocycles. The highest BCUT2D eigenvalue weighted by Gasteiger charge is 2.17. The van der Waals surface area contributed by atoms with E-state index in [1.54, 1.807) is 17.8 Å². The van der Waals surface area contributed by atoms with Crippen LogP contribution >= 0.6 is 11.8 Å². The average molecular weight is 255 g/mol. The van der Waals surface area contributed by atoms with Gasteiger partial charge in [0.2, 0.25) is 0 Å². The topological polar surface area (TPSA) is 12.0 Å². The molecule has 1 rings (SSSR count). The van der Waals surface area contributed by atoms with E-state index in [4.69, 9.17) is 0 Å². The minimum absolute atomic E-state index is 0.137. The van der Waals surface area contributed by atoms with Gasteiger partial charge in [-0.15, -0.1) is 11.8 Å². The number of halogens is 1. The third-order valence-electron chi connectivity index (χ3n) is 2.36. The Kier molecular flexibility index (Phi) is 5.02. The maximum absolute atomic E-state index is 13.3. The third kappa shape index (κ3) is 4.68. The van der Waals surface area contributed by atoms with Gasteiger partial charge in [0.05, 0.1) is 0 Å². The van der Waals surface area contributed by atoms with Crippen molar-refractivity contribution in [3.05, 3.63) is 29.6 Å². The molecule has 96 valence electrons. The van der Waals surface area contributed by atoms with E-state index in [9.17, 15) is 4.39 Å². The van der Waals surface area contributed by atoms with Crippen molar-refractivity contribution in [2.45, 2.75) is 50.3 Å². The lowest BCUT2D eigenvalue weighted by Gasteiger charge is -2.23. The van der Waals surface area contributed by atoms with E-state index in [-0.39, 0.29) is 16.6 Å². The number of rotatable bonds is 4. The van der Waals surface area contributed by atoms with Gasteiger partial charge >= 0.3 is 0 Å². The van der Waals surface area contributed by atoms with Gasteiger partial charge in [-0.1, -0.05) is 27.7 Å². The summed E-state index contributed by atoms with van der Waals surface area (Å²) in [7, 11) is 0. The molecular formula is C14H22FNS. The van der Waals surface area contributed by atoms with Gasteiger partial charge in [-0.25, -0.2) is 4.39 Å². The Hall–Kier alpha value is -0.540. The smallest absolute Gasteiger partial charge is 0.123 e. The predicted octanol–water partition coefficient (Wildman–Crippen LogP) is 4.39. The van der Waals surface area contributed by atoms with Gasteiger partial charge in [-0.2, -0.15) is 0 Å². The molecule has 0 amide bonds. The second kappa shape index (κ2) is 5.87. The predicted molar refractivity (Wildman–Crippen MR) is 74.1 cm³/mol. The first-order valence-corrected chi connectivity index (χ1v) is 6.87. The van der Waals surface area contributed by atoms with Crippen molar-refractivity contribution < 1.29 is 4.39 Å². The molecule has 1 atom stereocenters. The summed E-state index contributed by atoms with van der Waals surface area (Å²) in [5.41, 5.74) is 1.05. The first-order valence-electron chi connectivity index (χ1n) is 6.05. The van der Waals surface area contributed by atoms with Crippen molar-refractivity contribution in [3.63, 3.8) is 0 Å². The molecule has 0 bridgehead atoms. The maximum atomic E-state index is 13.3. The average Bonchev–Trinajstić information content (AvgIpc) is 2.19. The van der Waals surface area contributed by atoms with Crippen molar-refractivity contribution in [2.75, 3.05) is 6.54 Å². The molecule has 1 N–H and O–H groups in total. The van der Waals surface area contributed by atoms with Crippen molar-refractivity contribution in [1.82, 2.24) is 5.32 Å². The molecule has 1 unspecified atom stereocenters. The van der Waals surface area contributed by atoms with Gasteiger partial charge < -0.3 is 5.32 Å². The minimum Gasteiger partial charge on any atom is -0.310 e. The van der Waals surface area contributed by atoms with Crippen molar-refractivity contribution >= 4 is 11.8 Å². The van der Waals surface area contributed by atoms with Gasteiger partial charge in [0.15, 0.2) is 0 Å². The zero-order chi connectivity index (χ0) is 13.1. The number of hydrogen-bond acceptors (Lipinski definition) is 2. The Balaban J connectivity index is 3.03. The molecule has 0 radical (unpaired) electrons. The Bertz CT molecular complexity index is 371. The van der Waals surface area contributed by atoms with E-state index in [1.165, 1.54) is 6.07 Å². The molecule has 17 heavy (non-hydrogen) atoms. The quantitative estimate of drug-likeness (QED) is 0.801. The number of benzene rings is 1. The lowest BCUT2D eigenvalue weighted by atomic mass is 10.1. The van der Waals surface area contributed by atoms with Crippen molar-refractivity contribution in [2.24, 2.45) is 0 Å². The second-order valence-corrected chi connectivity index (χ2v) is 7.04. The number of nitrogens with one attached hydrogen (secondary N) is 1. The van der Waals surface area contributed by atoms with Gasteiger partial charge in [0.25, 0.3) is 0 Å². The van der Waals surface area contributed by atoms with Crippen LogP contribution in [0.3, 0.4) is 0 Å².